The van der Waals surface area contributed by atoms with Crippen molar-refractivity contribution < 1.29 is 9.90 Å². The topological polar surface area (TPSA) is 64.9 Å². The van der Waals surface area contributed by atoms with E-state index in [1.54, 1.807) is 12.1 Å². The Hall–Kier alpha value is -1.88. The largest absolute Gasteiger partial charge is 0.396 e. The second kappa shape index (κ2) is 6.52. The number of hydrogen-bond donors (Lipinski definition) is 2. The van der Waals surface area contributed by atoms with Crippen LogP contribution < -0.4 is 10.3 Å². The maximum atomic E-state index is 11.9. The summed E-state index contributed by atoms with van der Waals surface area (Å²) in [4.78, 5) is 11.9. The standard InChI is InChI=1S/C15H21N3O2/c1-11(10-19)9-16-15(20)13-3-5-14(6-4-13)18-8-7-12(2)17-18/h3-6,11,19H,7-10H2,1-2H3,(H,16,20). The summed E-state index contributed by atoms with van der Waals surface area (Å²) in [7, 11) is 0. The Morgan fingerprint density at radius 3 is 2.70 bits per heavy atom. The van der Waals surface area contributed by atoms with Crippen LogP contribution >= 0.6 is 0 Å². The zero-order chi connectivity index (χ0) is 14.5. The molecule has 0 bridgehead atoms. The first-order valence-electron chi connectivity index (χ1n) is 6.91. The summed E-state index contributed by atoms with van der Waals surface area (Å²) in [5.41, 5.74) is 2.76. The van der Waals surface area contributed by atoms with Crippen LogP contribution in [0.5, 0.6) is 0 Å². The van der Waals surface area contributed by atoms with Crippen LogP contribution in [-0.2, 0) is 0 Å². The van der Waals surface area contributed by atoms with Gasteiger partial charge in [-0.15, -0.1) is 0 Å². The van der Waals surface area contributed by atoms with Gasteiger partial charge < -0.3 is 10.4 Å². The van der Waals surface area contributed by atoms with Crippen LogP contribution in [0.3, 0.4) is 0 Å². The lowest BCUT2D eigenvalue weighted by atomic mass is 10.1. The van der Waals surface area contributed by atoms with Crippen LogP contribution in [0.25, 0.3) is 0 Å². The normalized spacial score (nSPS) is 15.9. The average Bonchev–Trinajstić information content (AvgIpc) is 2.91. The number of carbonyl (C=O) groups is 1. The molecule has 1 heterocycles. The van der Waals surface area contributed by atoms with Crippen LogP contribution in [0, 0.1) is 5.92 Å². The van der Waals surface area contributed by atoms with Crippen LogP contribution in [-0.4, -0.2) is 36.4 Å². The number of rotatable bonds is 5. The van der Waals surface area contributed by atoms with Gasteiger partial charge in [-0.2, -0.15) is 5.10 Å². The van der Waals surface area contributed by atoms with Gasteiger partial charge in [0.05, 0.1) is 5.69 Å². The molecule has 0 saturated carbocycles. The molecule has 0 fully saturated rings. The lowest BCUT2D eigenvalue weighted by molar-refractivity contribution is 0.0942. The number of aliphatic hydroxyl groups excluding tert-OH is 1. The summed E-state index contributed by atoms with van der Waals surface area (Å²) < 4.78 is 0. The SMILES string of the molecule is CC1=NN(c2ccc(C(=O)NCC(C)CO)cc2)CC1. The fraction of sp³-hybridized carbons (Fsp3) is 0.467. The first-order chi connectivity index (χ1) is 9.60. The second-order valence-corrected chi connectivity index (χ2v) is 5.25. The van der Waals surface area contributed by atoms with E-state index in [2.05, 4.69) is 10.4 Å². The molecule has 0 radical (unpaired) electrons. The molecule has 0 spiro atoms. The van der Waals surface area contributed by atoms with E-state index in [0.717, 1.165) is 24.4 Å². The number of anilines is 1. The van der Waals surface area contributed by atoms with Crippen molar-refractivity contribution in [3.63, 3.8) is 0 Å². The third-order valence-electron chi connectivity index (χ3n) is 3.33. The summed E-state index contributed by atoms with van der Waals surface area (Å²) in [6, 6.07) is 7.42. The van der Waals surface area contributed by atoms with E-state index in [1.165, 1.54) is 0 Å². The third-order valence-corrected chi connectivity index (χ3v) is 3.33. The highest BCUT2D eigenvalue weighted by atomic mass is 16.3. The van der Waals surface area contributed by atoms with Crippen molar-refractivity contribution in [3.8, 4) is 0 Å². The van der Waals surface area contributed by atoms with Crippen molar-refractivity contribution in [1.29, 1.82) is 0 Å². The Morgan fingerprint density at radius 2 is 2.15 bits per heavy atom. The minimum absolute atomic E-state index is 0.0696. The first kappa shape index (κ1) is 14.5. The molecule has 2 N–H and O–H groups in total. The first-order valence-corrected chi connectivity index (χ1v) is 6.91. The number of hydrazone groups is 1. The average molecular weight is 275 g/mol. The zero-order valence-corrected chi connectivity index (χ0v) is 12.0. The van der Waals surface area contributed by atoms with E-state index in [1.807, 2.05) is 31.0 Å². The Balaban J connectivity index is 1.96. The van der Waals surface area contributed by atoms with Crippen LogP contribution in [0.1, 0.15) is 30.6 Å². The minimum Gasteiger partial charge on any atom is -0.396 e. The maximum absolute atomic E-state index is 11.9. The number of carbonyl (C=O) groups excluding carboxylic acids is 1. The Labute approximate surface area is 119 Å². The Morgan fingerprint density at radius 1 is 1.45 bits per heavy atom. The van der Waals surface area contributed by atoms with Gasteiger partial charge >= 0.3 is 0 Å². The molecule has 5 heteroatoms. The Bertz CT molecular complexity index is 496. The molecule has 5 nitrogen and oxygen atoms in total. The zero-order valence-electron chi connectivity index (χ0n) is 12.0. The number of hydrogen-bond acceptors (Lipinski definition) is 4. The molecule has 108 valence electrons. The van der Waals surface area contributed by atoms with Crippen molar-refractivity contribution in [3.05, 3.63) is 29.8 Å². The van der Waals surface area contributed by atoms with Gasteiger partial charge in [0.25, 0.3) is 5.91 Å². The van der Waals surface area contributed by atoms with E-state index in [4.69, 9.17) is 5.11 Å². The lowest BCUT2D eigenvalue weighted by Gasteiger charge is -2.14. The molecule has 1 aromatic rings. The molecule has 1 aliphatic heterocycles. The number of aliphatic hydroxyl groups is 1. The summed E-state index contributed by atoms with van der Waals surface area (Å²) in [5.74, 6) is -0.0434. The van der Waals surface area contributed by atoms with Gasteiger partial charge in [0, 0.05) is 37.4 Å². The molecule has 2 rings (SSSR count). The van der Waals surface area contributed by atoms with Crippen molar-refractivity contribution >= 4 is 17.3 Å². The number of amides is 1. The van der Waals surface area contributed by atoms with Crippen molar-refractivity contribution in [2.75, 3.05) is 24.7 Å². The fourth-order valence-electron chi connectivity index (χ4n) is 1.98. The molecule has 1 amide bonds. The summed E-state index contributed by atoms with van der Waals surface area (Å²) in [6.07, 6.45) is 0.987. The van der Waals surface area contributed by atoms with Crippen LogP contribution in [0.4, 0.5) is 5.69 Å². The van der Waals surface area contributed by atoms with Gasteiger partial charge in [0.1, 0.15) is 0 Å². The Kier molecular flexibility index (Phi) is 4.74. The monoisotopic (exact) mass is 275 g/mol. The minimum atomic E-state index is -0.113. The molecule has 20 heavy (non-hydrogen) atoms. The molecular weight excluding hydrogens is 254 g/mol. The molecule has 1 atom stereocenters. The van der Waals surface area contributed by atoms with Crippen LogP contribution in [0.2, 0.25) is 0 Å². The number of benzene rings is 1. The van der Waals surface area contributed by atoms with Crippen molar-refractivity contribution in [1.82, 2.24) is 5.32 Å². The molecule has 1 unspecified atom stereocenters. The fourth-order valence-corrected chi connectivity index (χ4v) is 1.98. The van der Waals surface area contributed by atoms with Gasteiger partial charge in [0.15, 0.2) is 0 Å². The third kappa shape index (κ3) is 3.57. The van der Waals surface area contributed by atoms with Crippen LogP contribution in [0.15, 0.2) is 29.4 Å². The van der Waals surface area contributed by atoms with Gasteiger partial charge in [-0.05, 0) is 37.1 Å². The van der Waals surface area contributed by atoms with E-state index in [-0.39, 0.29) is 18.4 Å². The molecule has 1 aliphatic rings. The molecular formula is C15H21N3O2. The molecule has 0 aromatic heterocycles. The predicted octanol–water partition coefficient (Wildman–Crippen LogP) is 1.63. The highest BCUT2D eigenvalue weighted by Gasteiger charge is 2.13. The summed E-state index contributed by atoms with van der Waals surface area (Å²) in [6.45, 7) is 5.35. The predicted molar refractivity (Wildman–Crippen MR) is 80.1 cm³/mol. The van der Waals surface area contributed by atoms with Gasteiger partial charge in [-0.25, -0.2) is 0 Å². The molecule has 0 aliphatic carbocycles. The summed E-state index contributed by atoms with van der Waals surface area (Å²) >= 11 is 0. The number of nitrogens with zero attached hydrogens (tertiary/aromatic N) is 2. The molecule has 1 aromatic carbocycles. The molecule has 0 saturated heterocycles. The highest BCUT2D eigenvalue weighted by Crippen LogP contribution is 2.19. The smallest absolute Gasteiger partial charge is 0.251 e. The van der Waals surface area contributed by atoms with Crippen molar-refractivity contribution in [2.45, 2.75) is 20.3 Å². The van der Waals surface area contributed by atoms with E-state index >= 15 is 0 Å². The van der Waals surface area contributed by atoms with Gasteiger partial charge in [-0.3, -0.25) is 9.80 Å². The number of nitrogens with one attached hydrogen (secondary N) is 1. The second-order valence-electron chi connectivity index (χ2n) is 5.25. The lowest BCUT2D eigenvalue weighted by Crippen LogP contribution is -2.29. The van der Waals surface area contributed by atoms with E-state index in [9.17, 15) is 4.79 Å². The summed E-state index contributed by atoms with van der Waals surface area (Å²) in [5, 5.41) is 18.1. The van der Waals surface area contributed by atoms with Crippen molar-refractivity contribution in [2.24, 2.45) is 11.0 Å². The van der Waals surface area contributed by atoms with Gasteiger partial charge in [0.2, 0.25) is 0 Å². The highest BCUT2D eigenvalue weighted by molar-refractivity contribution is 5.94. The quantitative estimate of drug-likeness (QED) is 0.858. The maximum Gasteiger partial charge on any atom is 0.251 e. The van der Waals surface area contributed by atoms with E-state index < -0.39 is 0 Å². The van der Waals surface area contributed by atoms with E-state index in [0.29, 0.717) is 12.1 Å². The van der Waals surface area contributed by atoms with Gasteiger partial charge in [-0.1, -0.05) is 6.92 Å².